The van der Waals surface area contributed by atoms with Crippen LogP contribution in [0.3, 0.4) is 0 Å². The van der Waals surface area contributed by atoms with Crippen molar-refractivity contribution < 1.29 is 4.74 Å². The van der Waals surface area contributed by atoms with Crippen LogP contribution in [0.25, 0.3) is 11.2 Å². The standard InChI is InChI=1S/C18H19ClN6O3/c1-22-15-14(16(26)23(2)18(22)27)24-10-13(11-4-6-12(19)7-5-11)21-25(8-9-28-3)17(24)20-15/h4-7H,8-10H2,1-3H3. The number of fused-ring (bicyclic) bond motifs is 3. The molecule has 0 radical (unpaired) electrons. The minimum Gasteiger partial charge on any atom is -0.383 e. The van der Waals surface area contributed by atoms with Crippen molar-refractivity contribution in [3.05, 3.63) is 55.7 Å². The highest BCUT2D eigenvalue weighted by Gasteiger charge is 2.27. The van der Waals surface area contributed by atoms with Crippen LogP contribution in [0.15, 0.2) is 39.0 Å². The molecule has 3 aromatic rings. The molecule has 0 aliphatic carbocycles. The number of ether oxygens (including phenoxy) is 1. The molecule has 2 aromatic heterocycles. The number of hydrazone groups is 1. The van der Waals surface area contributed by atoms with Gasteiger partial charge in [-0.2, -0.15) is 10.1 Å². The topological polar surface area (TPSA) is 86.7 Å². The SMILES string of the molecule is COCCN1N=C(c2ccc(Cl)cc2)Cn2c1nc1c2c(=O)n(C)c(=O)n1C. The van der Waals surface area contributed by atoms with Crippen LogP contribution in [0.4, 0.5) is 5.95 Å². The maximum atomic E-state index is 12.8. The largest absolute Gasteiger partial charge is 0.383 e. The molecule has 0 bridgehead atoms. The van der Waals surface area contributed by atoms with E-state index in [4.69, 9.17) is 21.4 Å². The lowest BCUT2D eigenvalue weighted by Crippen LogP contribution is -2.38. The molecule has 1 aliphatic rings. The van der Waals surface area contributed by atoms with Crippen LogP contribution in [-0.4, -0.2) is 44.7 Å². The normalized spacial score (nSPS) is 13.7. The quantitative estimate of drug-likeness (QED) is 0.648. The summed E-state index contributed by atoms with van der Waals surface area (Å²) in [6, 6.07) is 7.35. The summed E-state index contributed by atoms with van der Waals surface area (Å²) < 4.78 is 9.45. The molecule has 10 heteroatoms. The molecule has 0 atom stereocenters. The number of hydrogen-bond acceptors (Lipinski definition) is 6. The molecule has 0 spiro atoms. The Labute approximate surface area is 165 Å². The fourth-order valence-electron chi connectivity index (χ4n) is 3.27. The van der Waals surface area contributed by atoms with Crippen LogP contribution in [0.1, 0.15) is 5.56 Å². The molecule has 9 nitrogen and oxygen atoms in total. The summed E-state index contributed by atoms with van der Waals surface area (Å²) in [6.45, 7) is 1.23. The van der Waals surface area contributed by atoms with Gasteiger partial charge in [-0.15, -0.1) is 0 Å². The summed E-state index contributed by atoms with van der Waals surface area (Å²) in [7, 11) is 4.67. The second-order valence-corrected chi connectivity index (χ2v) is 6.98. The van der Waals surface area contributed by atoms with Crippen LogP contribution in [0.5, 0.6) is 0 Å². The van der Waals surface area contributed by atoms with Crippen LogP contribution in [0, 0.1) is 0 Å². The van der Waals surface area contributed by atoms with E-state index < -0.39 is 5.69 Å². The second kappa shape index (κ2) is 6.92. The highest BCUT2D eigenvalue weighted by molar-refractivity contribution is 6.30. The van der Waals surface area contributed by atoms with Crippen LogP contribution < -0.4 is 16.3 Å². The third kappa shape index (κ3) is 2.83. The Kier molecular flexibility index (Phi) is 4.56. The van der Waals surface area contributed by atoms with Crippen molar-refractivity contribution >= 4 is 34.4 Å². The van der Waals surface area contributed by atoms with Crippen molar-refractivity contribution in [1.82, 2.24) is 18.7 Å². The molecule has 1 aromatic carbocycles. The summed E-state index contributed by atoms with van der Waals surface area (Å²) in [5, 5.41) is 7.04. The Balaban J connectivity index is 1.94. The molecule has 28 heavy (non-hydrogen) atoms. The zero-order valence-electron chi connectivity index (χ0n) is 15.7. The predicted molar refractivity (Wildman–Crippen MR) is 107 cm³/mol. The molecule has 146 valence electrons. The smallest absolute Gasteiger partial charge is 0.332 e. The zero-order valence-corrected chi connectivity index (χ0v) is 16.5. The minimum atomic E-state index is -0.421. The molecule has 0 saturated heterocycles. The molecular weight excluding hydrogens is 384 g/mol. The number of nitrogens with zero attached hydrogens (tertiary/aromatic N) is 6. The third-order valence-electron chi connectivity index (χ3n) is 4.79. The Bertz CT molecular complexity index is 1210. The van der Waals surface area contributed by atoms with Gasteiger partial charge < -0.3 is 4.74 Å². The van der Waals surface area contributed by atoms with Crippen molar-refractivity contribution in [3.63, 3.8) is 0 Å². The van der Waals surface area contributed by atoms with Gasteiger partial charge in [-0.05, 0) is 17.7 Å². The van der Waals surface area contributed by atoms with Gasteiger partial charge in [0, 0.05) is 26.2 Å². The average Bonchev–Trinajstić information content (AvgIpc) is 3.09. The summed E-state index contributed by atoms with van der Waals surface area (Å²) in [6.07, 6.45) is 0. The molecule has 0 N–H and O–H groups in total. The first-order chi connectivity index (χ1) is 13.4. The second-order valence-electron chi connectivity index (χ2n) is 6.55. The van der Waals surface area contributed by atoms with Gasteiger partial charge in [0.25, 0.3) is 5.56 Å². The summed E-state index contributed by atoms with van der Waals surface area (Å²) in [4.78, 5) is 29.7. The third-order valence-corrected chi connectivity index (χ3v) is 5.04. The summed E-state index contributed by atoms with van der Waals surface area (Å²) >= 11 is 6.00. The maximum absolute atomic E-state index is 12.8. The van der Waals surface area contributed by atoms with Crippen molar-refractivity contribution in [2.45, 2.75) is 6.54 Å². The van der Waals surface area contributed by atoms with E-state index in [1.54, 1.807) is 35.9 Å². The van der Waals surface area contributed by atoms with E-state index in [0.29, 0.717) is 41.8 Å². The molecule has 0 amide bonds. The van der Waals surface area contributed by atoms with Gasteiger partial charge in [0.05, 0.1) is 25.4 Å². The number of halogens is 1. The van der Waals surface area contributed by atoms with E-state index >= 15 is 0 Å². The minimum absolute atomic E-state index is 0.332. The average molecular weight is 403 g/mol. The van der Waals surface area contributed by atoms with Crippen molar-refractivity contribution in [2.24, 2.45) is 19.2 Å². The number of methoxy groups -OCH3 is 1. The van der Waals surface area contributed by atoms with Crippen molar-refractivity contribution in [3.8, 4) is 0 Å². The Hall–Kier alpha value is -2.91. The van der Waals surface area contributed by atoms with Gasteiger partial charge in [0.1, 0.15) is 0 Å². The van der Waals surface area contributed by atoms with Crippen LogP contribution in [0.2, 0.25) is 5.02 Å². The van der Waals surface area contributed by atoms with Crippen LogP contribution in [-0.2, 0) is 25.4 Å². The lowest BCUT2D eigenvalue weighted by molar-refractivity contribution is 0.205. The lowest BCUT2D eigenvalue weighted by atomic mass is 10.1. The Morgan fingerprint density at radius 2 is 1.86 bits per heavy atom. The molecule has 1 aliphatic heterocycles. The van der Waals surface area contributed by atoms with Gasteiger partial charge >= 0.3 is 5.69 Å². The van der Waals surface area contributed by atoms with E-state index in [2.05, 4.69) is 4.98 Å². The van der Waals surface area contributed by atoms with Gasteiger partial charge in [-0.25, -0.2) is 9.80 Å². The summed E-state index contributed by atoms with van der Waals surface area (Å²) in [5.74, 6) is 0.503. The first kappa shape index (κ1) is 18.5. The van der Waals surface area contributed by atoms with Crippen LogP contribution >= 0.6 is 11.6 Å². The molecule has 4 rings (SSSR count). The molecule has 0 saturated carbocycles. The first-order valence-electron chi connectivity index (χ1n) is 8.68. The lowest BCUT2D eigenvalue weighted by Gasteiger charge is -2.26. The number of imidazole rings is 1. The molecular formula is C18H19ClN6O3. The van der Waals surface area contributed by atoms with E-state index in [1.165, 1.54) is 11.6 Å². The van der Waals surface area contributed by atoms with Crippen molar-refractivity contribution in [2.75, 3.05) is 25.3 Å². The van der Waals surface area contributed by atoms with Crippen molar-refractivity contribution in [1.29, 1.82) is 0 Å². The highest BCUT2D eigenvalue weighted by atomic mass is 35.5. The monoisotopic (exact) mass is 402 g/mol. The van der Waals surface area contributed by atoms with E-state index in [1.807, 2.05) is 12.1 Å². The highest BCUT2D eigenvalue weighted by Crippen LogP contribution is 2.25. The predicted octanol–water partition coefficient (Wildman–Crippen LogP) is 0.958. The van der Waals surface area contributed by atoms with E-state index in [9.17, 15) is 9.59 Å². The number of hydrogen-bond donors (Lipinski definition) is 0. The number of benzene rings is 1. The molecule has 3 heterocycles. The van der Waals surface area contributed by atoms with Gasteiger partial charge in [0.2, 0.25) is 5.95 Å². The number of aryl methyl sites for hydroxylation is 1. The molecule has 0 fully saturated rings. The van der Waals surface area contributed by atoms with E-state index in [0.717, 1.165) is 15.8 Å². The van der Waals surface area contributed by atoms with Gasteiger partial charge in [0.15, 0.2) is 11.2 Å². The zero-order chi connectivity index (χ0) is 20.0. The summed E-state index contributed by atoms with van der Waals surface area (Å²) in [5.41, 5.74) is 1.54. The van der Waals surface area contributed by atoms with Gasteiger partial charge in [-0.1, -0.05) is 23.7 Å². The fourth-order valence-corrected chi connectivity index (χ4v) is 3.40. The van der Waals surface area contributed by atoms with E-state index in [-0.39, 0.29) is 5.56 Å². The maximum Gasteiger partial charge on any atom is 0.332 e. The number of rotatable bonds is 4. The number of aromatic nitrogens is 4. The Morgan fingerprint density at radius 3 is 2.54 bits per heavy atom. The first-order valence-corrected chi connectivity index (χ1v) is 9.06. The fraction of sp³-hybridized carbons (Fsp3) is 0.333. The Morgan fingerprint density at radius 1 is 1.14 bits per heavy atom. The molecule has 0 unspecified atom stereocenters. The number of anilines is 1. The van der Waals surface area contributed by atoms with Gasteiger partial charge in [-0.3, -0.25) is 18.5 Å².